The van der Waals surface area contributed by atoms with E-state index in [1.807, 2.05) is 10.5 Å². The molecule has 3 aromatic rings. The maximum atomic E-state index is 11.6. The number of pyridine rings is 2. The average Bonchev–Trinajstić information content (AvgIpc) is 2.96. The second-order valence-electron chi connectivity index (χ2n) is 4.62. The lowest BCUT2D eigenvalue weighted by Gasteiger charge is -2.00. The lowest BCUT2D eigenvalue weighted by Crippen LogP contribution is -2.05. The summed E-state index contributed by atoms with van der Waals surface area (Å²) in [6, 6.07) is 6.91. The molecule has 3 rings (SSSR count). The van der Waals surface area contributed by atoms with Gasteiger partial charge in [0.2, 0.25) is 0 Å². The minimum absolute atomic E-state index is 0.331. The fourth-order valence-electron chi connectivity index (χ4n) is 1.98. The van der Waals surface area contributed by atoms with Gasteiger partial charge in [0, 0.05) is 12.4 Å². The number of aromatic nitrogens is 3. The third-order valence-corrected chi connectivity index (χ3v) is 3.29. The molecule has 0 bridgehead atoms. The van der Waals surface area contributed by atoms with Gasteiger partial charge in [-0.2, -0.15) is 0 Å². The van der Waals surface area contributed by atoms with Crippen LogP contribution in [0, 0.1) is 11.8 Å². The van der Waals surface area contributed by atoms with Crippen LogP contribution in [0.2, 0.25) is 5.02 Å². The van der Waals surface area contributed by atoms with Crippen LogP contribution >= 0.6 is 11.6 Å². The monoisotopic (exact) mass is 325 g/mol. The number of carbonyl (C=O) groups is 1. The number of fused-ring (bicyclic) bond motifs is 1. The number of hydrogen-bond donors (Lipinski definition) is 0. The van der Waals surface area contributed by atoms with Gasteiger partial charge < -0.3 is 4.74 Å². The Morgan fingerprint density at radius 2 is 2.09 bits per heavy atom. The molecule has 0 unspecified atom stereocenters. The molecule has 3 aromatic heterocycles. The second-order valence-corrected chi connectivity index (χ2v) is 5.06. The van der Waals surface area contributed by atoms with Crippen molar-refractivity contribution in [1.82, 2.24) is 14.4 Å². The summed E-state index contributed by atoms with van der Waals surface area (Å²) in [5, 5.41) is 0.607. The summed E-state index contributed by atoms with van der Waals surface area (Å²) in [4.78, 5) is 20.0. The van der Waals surface area contributed by atoms with Gasteiger partial charge in [0.25, 0.3) is 0 Å². The number of imidazole rings is 1. The van der Waals surface area contributed by atoms with Gasteiger partial charge in [-0.15, -0.1) is 0 Å². The summed E-state index contributed by atoms with van der Waals surface area (Å²) in [5.74, 6) is 5.55. The molecule has 0 aliphatic rings. The van der Waals surface area contributed by atoms with Crippen LogP contribution in [0.1, 0.15) is 28.7 Å². The van der Waals surface area contributed by atoms with E-state index in [0.29, 0.717) is 28.6 Å². The summed E-state index contributed by atoms with van der Waals surface area (Å²) in [7, 11) is 0. The molecule has 0 aliphatic heterocycles. The number of halogens is 1. The van der Waals surface area contributed by atoms with Crippen LogP contribution < -0.4 is 0 Å². The standard InChI is InChI=1S/C17H12ClN3O2/c1-2-23-17(22)12-3-5-14(19-9-12)6-7-15-10-20-16-8-4-13(18)11-21(15)16/h3-5,8-11H,2H2,1H3. The van der Waals surface area contributed by atoms with E-state index < -0.39 is 5.97 Å². The number of nitrogens with zero attached hydrogens (tertiary/aromatic N) is 3. The first kappa shape index (κ1) is 15.1. The number of carbonyl (C=O) groups excluding carboxylic acids is 1. The molecule has 0 atom stereocenters. The van der Waals surface area contributed by atoms with Gasteiger partial charge in [-0.3, -0.25) is 4.40 Å². The zero-order valence-electron chi connectivity index (χ0n) is 12.3. The Balaban J connectivity index is 1.86. The van der Waals surface area contributed by atoms with E-state index in [1.165, 1.54) is 6.20 Å². The molecular formula is C17H12ClN3O2. The summed E-state index contributed by atoms with van der Waals surface area (Å²) in [5.41, 5.74) is 2.43. The fraction of sp³-hybridized carbons (Fsp3) is 0.118. The largest absolute Gasteiger partial charge is 0.462 e. The van der Waals surface area contributed by atoms with Crippen molar-refractivity contribution in [3.05, 3.63) is 64.8 Å². The van der Waals surface area contributed by atoms with Crippen molar-refractivity contribution < 1.29 is 9.53 Å². The van der Waals surface area contributed by atoms with E-state index in [4.69, 9.17) is 16.3 Å². The number of ether oxygens (including phenoxy) is 1. The van der Waals surface area contributed by atoms with Crippen LogP contribution in [0.5, 0.6) is 0 Å². The van der Waals surface area contributed by atoms with E-state index in [0.717, 1.165) is 5.65 Å². The minimum Gasteiger partial charge on any atom is -0.462 e. The van der Waals surface area contributed by atoms with Crippen LogP contribution in [0.15, 0.2) is 42.9 Å². The lowest BCUT2D eigenvalue weighted by molar-refractivity contribution is 0.0526. The average molecular weight is 326 g/mol. The highest BCUT2D eigenvalue weighted by molar-refractivity contribution is 6.30. The molecule has 0 saturated heterocycles. The topological polar surface area (TPSA) is 56.5 Å². The smallest absolute Gasteiger partial charge is 0.339 e. The van der Waals surface area contributed by atoms with Gasteiger partial charge in [-0.05, 0) is 43.0 Å². The molecular weight excluding hydrogens is 314 g/mol. The number of rotatable bonds is 2. The number of hydrogen-bond acceptors (Lipinski definition) is 4. The van der Waals surface area contributed by atoms with Crippen molar-refractivity contribution >= 4 is 23.2 Å². The zero-order valence-corrected chi connectivity index (χ0v) is 13.0. The van der Waals surface area contributed by atoms with Crippen molar-refractivity contribution in [2.24, 2.45) is 0 Å². The molecule has 0 amide bonds. The lowest BCUT2D eigenvalue weighted by atomic mass is 10.2. The van der Waals surface area contributed by atoms with Crippen molar-refractivity contribution in [1.29, 1.82) is 0 Å². The Morgan fingerprint density at radius 3 is 2.83 bits per heavy atom. The number of esters is 1. The molecule has 6 heteroatoms. The molecule has 5 nitrogen and oxygen atoms in total. The van der Waals surface area contributed by atoms with E-state index in [9.17, 15) is 4.79 Å². The molecule has 3 heterocycles. The summed E-state index contributed by atoms with van der Waals surface area (Å²) < 4.78 is 6.71. The van der Waals surface area contributed by atoms with Crippen LogP contribution in [0.25, 0.3) is 5.65 Å². The SMILES string of the molecule is CCOC(=O)c1ccc(C#Cc2cnc3ccc(Cl)cn23)nc1. The van der Waals surface area contributed by atoms with Gasteiger partial charge >= 0.3 is 5.97 Å². The Labute approximate surface area is 137 Å². The highest BCUT2D eigenvalue weighted by atomic mass is 35.5. The zero-order chi connectivity index (χ0) is 16.2. The molecule has 0 fully saturated rings. The van der Waals surface area contributed by atoms with Crippen LogP contribution in [0.3, 0.4) is 0 Å². The van der Waals surface area contributed by atoms with Crippen molar-refractivity contribution in [2.75, 3.05) is 6.61 Å². The Morgan fingerprint density at radius 1 is 1.22 bits per heavy atom. The minimum atomic E-state index is -0.393. The summed E-state index contributed by atoms with van der Waals surface area (Å²) in [6.07, 6.45) is 4.88. The van der Waals surface area contributed by atoms with Crippen LogP contribution in [-0.2, 0) is 4.74 Å². The maximum Gasteiger partial charge on any atom is 0.339 e. The van der Waals surface area contributed by atoms with Gasteiger partial charge in [-0.1, -0.05) is 11.6 Å². The van der Waals surface area contributed by atoms with Crippen molar-refractivity contribution in [3.63, 3.8) is 0 Å². The predicted molar refractivity (Wildman–Crippen MR) is 86.4 cm³/mol. The van der Waals surface area contributed by atoms with Crippen LogP contribution in [0.4, 0.5) is 0 Å². The predicted octanol–water partition coefficient (Wildman–Crippen LogP) is 2.96. The third-order valence-electron chi connectivity index (χ3n) is 3.06. The summed E-state index contributed by atoms with van der Waals surface area (Å²) >= 11 is 5.98. The Bertz CT molecular complexity index is 920. The van der Waals surface area contributed by atoms with E-state index in [-0.39, 0.29) is 0 Å². The Hall–Kier alpha value is -2.84. The molecule has 0 radical (unpaired) electrons. The van der Waals surface area contributed by atoms with Gasteiger partial charge in [0.05, 0.1) is 23.4 Å². The molecule has 114 valence electrons. The van der Waals surface area contributed by atoms with Crippen molar-refractivity contribution in [3.8, 4) is 11.8 Å². The van der Waals surface area contributed by atoms with Gasteiger partial charge in [-0.25, -0.2) is 14.8 Å². The highest BCUT2D eigenvalue weighted by Crippen LogP contribution is 2.12. The van der Waals surface area contributed by atoms with E-state index >= 15 is 0 Å². The molecule has 0 spiro atoms. The molecule has 23 heavy (non-hydrogen) atoms. The Kier molecular flexibility index (Phi) is 4.26. The first-order valence-electron chi connectivity index (χ1n) is 6.95. The van der Waals surface area contributed by atoms with Crippen LogP contribution in [-0.4, -0.2) is 26.9 Å². The van der Waals surface area contributed by atoms with Gasteiger partial charge in [0.1, 0.15) is 17.0 Å². The quantitative estimate of drug-likeness (QED) is 0.537. The van der Waals surface area contributed by atoms with E-state index in [2.05, 4.69) is 21.8 Å². The second kappa shape index (κ2) is 6.51. The third kappa shape index (κ3) is 3.33. The molecule has 0 saturated carbocycles. The van der Waals surface area contributed by atoms with Gasteiger partial charge in [0.15, 0.2) is 0 Å². The van der Waals surface area contributed by atoms with Crippen molar-refractivity contribution in [2.45, 2.75) is 6.92 Å². The maximum absolute atomic E-state index is 11.6. The summed E-state index contributed by atoms with van der Waals surface area (Å²) in [6.45, 7) is 2.09. The first-order chi connectivity index (χ1) is 11.2. The highest BCUT2D eigenvalue weighted by Gasteiger charge is 2.06. The normalized spacial score (nSPS) is 10.2. The fourth-order valence-corrected chi connectivity index (χ4v) is 2.14. The van der Waals surface area contributed by atoms with E-state index in [1.54, 1.807) is 37.5 Å². The first-order valence-corrected chi connectivity index (χ1v) is 7.33. The molecule has 0 N–H and O–H groups in total. The molecule has 0 aliphatic carbocycles. The molecule has 0 aromatic carbocycles.